The Morgan fingerprint density at radius 3 is 2.16 bits per heavy atom. The Kier molecular flexibility index (Phi) is 10.7. The normalized spacial score (nSPS) is 13.7. The SMILES string of the molecule is CCCCCCC(C)OC(=O)Cc1cccc(OP(=O)(OC(C)(C)C)OC(C)(C)C)c1. The summed E-state index contributed by atoms with van der Waals surface area (Å²) < 4.78 is 35.8. The minimum Gasteiger partial charge on any atom is -0.462 e. The van der Waals surface area contributed by atoms with Crippen LogP contribution in [0.15, 0.2) is 24.3 Å². The summed E-state index contributed by atoms with van der Waals surface area (Å²) in [5.74, 6) is 0.0231. The second-order valence-corrected chi connectivity index (χ2v) is 11.4. The summed E-state index contributed by atoms with van der Waals surface area (Å²) in [6.07, 6.45) is 5.47. The maximum atomic E-state index is 13.3. The Labute approximate surface area is 188 Å². The summed E-state index contributed by atoms with van der Waals surface area (Å²) in [5.41, 5.74) is -0.746. The molecule has 0 saturated carbocycles. The van der Waals surface area contributed by atoms with Crippen molar-refractivity contribution in [2.75, 3.05) is 0 Å². The van der Waals surface area contributed by atoms with Gasteiger partial charge in [-0.3, -0.25) is 13.8 Å². The second-order valence-electron chi connectivity index (χ2n) is 9.92. The molecule has 0 radical (unpaired) electrons. The molecule has 0 N–H and O–H groups in total. The molecular formula is C24H41O6P. The number of carbonyl (C=O) groups excluding carboxylic acids is 1. The van der Waals surface area contributed by atoms with Gasteiger partial charge in [0.25, 0.3) is 0 Å². The maximum absolute atomic E-state index is 13.3. The molecule has 1 atom stereocenters. The van der Waals surface area contributed by atoms with Crippen molar-refractivity contribution in [2.24, 2.45) is 0 Å². The zero-order valence-electron chi connectivity index (χ0n) is 20.5. The van der Waals surface area contributed by atoms with E-state index < -0.39 is 19.0 Å². The summed E-state index contributed by atoms with van der Waals surface area (Å²) in [5, 5.41) is 0. The number of rotatable bonds is 12. The fourth-order valence-electron chi connectivity index (χ4n) is 2.92. The van der Waals surface area contributed by atoms with Crippen molar-refractivity contribution in [2.45, 2.75) is 111 Å². The molecule has 1 aromatic carbocycles. The third-order valence-corrected chi connectivity index (χ3v) is 6.01. The summed E-state index contributed by atoms with van der Waals surface area (Å²) in [6.45, 7) is 14.8. The van der Waals surface area contributed by atoms with Crippen molar-refractivity contribution < 1.29 is 27.7 Å². The second kappa shape index (κ2) is 12.0. The molecule has 0 spiro atoms. The van der Waals surface area contributed by atoms with Crippen LogP contribution in [0, 0.1) is 0 Å². The van der Waals surface area contributed by atoms with E-state index in [1.807, 2.05) is 6.92 Å². The van der Waals surface area contributed by atoms with Crippen LogP contribution < -0.4 is 4.52 Å². The smallest absolute Gasteiger partial charge is 0.462 e. The molecule has 1 rings (SSSR count). The monoisotopic (exact) mass is 456 g/mol. The number of phosphoric acid groups is 1. The molecule has 178 valence electrons. The average molecular weight is 457 g/mol. The van der Waals surface area contributed by atoms with Crippen LogP contribution in [0.4, 0.5) is 0 Å². The lowest BCUT2D eigenvalue weighted by atomic mass is 10.1. The highest BCUT2D eigenvalue weighted by Crippen LogP contribution is 2.55. The van der Waals surface area contributed by atoms with E-state index in [1.165, 1.54) is 12.8 Å². The average Bonchev–Trinajstić information content (AvgIpc) is 2.55. The Hall–Kier alpha value is -1.36. The van der Waals surface area contributed by atoms with E-state index >= 15 is 0 Å². The van der Waals surface area contributed by atoms with Crippen molar-refractivity contribution in [1.29, 1.82) is 0 Å². The van der Waals surface area contributed by atoms with E-state index in [0.717, 1.165) is 19.3 Å². The molecule has 1 aromatic rings. The molecular weight excluding hydrogens is 415 g/mol. The number of hydrogen-bond donors (Lipinski definition) is 0. The highest BCUT2D eigenvalue weighted by Gasteiger charge is 2.38. The number of unbranched alkanes of at least 4 members (excludes halogenated alkanes) is 3. The minimum atomic E-state index is -3.90. The van der Waals surface area contributed by atoms with Gasteiger partial charge < -0.3 is 9.26 Å². The first-order valence-corrected chi connectivity index (χ1v) is 12.7. The van der Waals surface area contributed by atoms with Gasteiger partial charge >= 0.3 is 13.8 Å². The zero-order valence-corrected chi connectivity index (χ0v) is 21.4. The molecule has 0 aliphatic carbocycles. The van der Waals surface area contributed by atoms with Gasteiger partial charge in [-0.25, -0.2) is 4.57 Å². The summed E-state index contributed by atoms with van der Waals surface area (Å²) in [6, 6.07) is 6.87. The molecule has 31 heavy (non-hydrogen) atoms. The van der Waals surface area contributed by atoms with E-state index in [2.05, 4.69) is 6.92 Å². The largest absolute Gasteiger partial charge is 0.531 e. The standard InChI is InChI=1S/C24H41O6P/c1-9-10-11-12-14-19(2)27-22(25)18-20-15-13-16-21(17-20)28-31(26,29-23(3,4)5)30-24(6,7)8/h13,15-17,19H,9-12,14,18H2,1-8H3. The number of esters is 1. The number of phosphoric ester groups is 1. The highest BCUT2D eigenvalue weighted by atomic mass is 31.2. The Morgan fingerprint density at radius 2 is 1.61 bits per heavy atom. The molecule has 0 saturated heterocycles. The summed E-state index contributed by atoms with van der Waals surface area (Å²) in [4.78, 5) is 12.3. The Bertz CT molecular complexity index is 712. The first kappa shape index (κ1) is 27.7. The number of ether oxygens (including phenoxy) is 1. The Morgan fingerprint density at radius 1 is 1.00 bits per heavy atom. The van der Waals surface area contributed by atoms with Crippen LogP contribution in [0.25, 0.3) is 0 Å². The number of hydrogen-bond acceptors (Lipinski definition) is 6. The first-order chi connectivity index (χ1) is 14.2. The molecule has 7 heteroatoms. The van der Waals surface area contributed by atoms with Crippen molar-refractivity contribution in [3.63, 3.8) is 0 Å². The van der Waals surface area contributed by atoms with E-state index in [-0.39, 0.29) is 18.5 Å². The third-order valence-electron chi connectivity index (χ3n) is 4.03. The van der Waals surface area contributed by atoms with E-state index in [1.54, 1.807) is 65.8 Å². The maximum Gasteiger partial charge on any atom is 0.531 e. The molecule has 0 aromatic heterocycles. The lowest BCUT2D eigenvalue weighted by Gasteiger charge is -2.30. The lowest BCUT2D eigenvalue weighted by Crippen LogP contribution is -2.25. The molecule has 1 unspecified atom stereocenters. The zero-order chi connectivity index (χ0) is 23.7. The van der Waals surface area contributed by atoms with Crippen LogP contribution in [0.3, 0.4) is 0 Å². The van der Waals surface area contributed by atoms with Crippen LogP contribution in [0.2, 0.25) is 0 Å². The molecule has 0 bridgehead atoms. The van der Waals surface area contributed by atoms with Gasteiger partial charge in [0.05, 0.1) is 23.7 Å². The van der Waals surface area contributed by atoms with Crippen LogP contribution in [-0.4, -0.2) is 23.3 Å². The van der Waals surface area contributed by atoms with Crippen molar-refractivity contribution >= 4 is 13.8 Å². The predicted molar refractivity (Wildman–Crippen MR) is 124 cm³/mol. The quantitative estimate of drug-likeness (QED) is 0.187. The minimum absolute atomic E-state index is 0.107. The predicted octanol–water partition coefficient (Wildman–Crippen LogP) is 7.25. The molecule has 0 aliphatic heterocycles. The van der Waals surface area contributed by atoms with E-state index in [0.29, 0.717) is 11.3 Å². The van der Waals surface area contributed by atoms with E-state index in [4.69, 9.17) is 18.3 Å². The molecule has 0 heterocycles. The van der Waals surface area contributed by atoms with Crippen LogP contribution in [-0.2, 0) is 29.6 Å². The molecule has 0 fully saturated rings. The van der Waals surface area contributed by atoms with Gasteiger partial charge in [0.1, 0.15) is 5.75 Å². The van der Waals surface area contributed by atoms with Crippen LogP contribution >= 0.6 is 7.82 Å². The number of benzene rings is 1. The topological polar surface area (TPSA) is 71.1 Å². The fraction of sp³-hybridized carbons (Fsp3) is 0.708. The Balaban J connectivity index is 2.78. The lowest BCUT2D eigenvalue weighted by molar-refractivity contribution is -0.147. The van der Waals surface area contributed by atoms with Gasteiger partial charge in [-0.1, -0.05) is 38.3 Å². The molecule has 6 nitrogen and oxygen atoms in total. The van der Waals surface area contributed by atoms with Gasteiger partial charge in [-0.2, -0.15) is 0 Å². The highest BCUT2D eigenvalue weighted by molar-refractivity contribution is 7.49. The molecule has 0 amide bonds. The molecule has 0 aliphatic rings. The van der Waals surface area contributed by atoms with Gasteiger partial charge in [0, 0.05) is 0 Å². The first-order valence-electron chi connectivity index (χ1n) is 11.2. The van der Waals surface area contributed by atoms with Crippen molar-refractivity contribution in [3.8, 4) is 5.75 Å². The van der Waals surface area contributed by atoms with Gasteiger partial charge in [0.2, 0.25) is 0 Å². The number of carbonyl (C=O) groups is 1. The van der Waals surface area contributed by atoms with Crippen molar-refractivity contribution in [3.05, 3.63) is 29.8 Å². The van der Waals surface area contributed by atoms with Gasteiger partial charge in [0.15, 0.2) is 0 Å². The summed E-state index contributed by atoms with van der Waals surface area (Å²) in [7, 11) is -3.90. The van der Waals surface area contributed by atoms with Gasteiger partial charge in [-0.15, -0.1) is 0 Å². The van der Waals surface area contributed by atoms with Crippen molar-refractivity contribution in [1.82, 2.24) is 0 Å². The fourth-order valence-corrected chi connectivity index (χ4v) is 4.74. The van der Waals surface area contributed by atoms with Crippen LogP contribution in [0.1, 0.15) is 93.1 Å². The van der Waals surface area contributed by atoms with Gasteiger partial charge in [-0.05, 0) is 79.0 Å². The van der Waals surface area contributed by atoms with Crippen LogP contribution in [0.5, 0.6) is 5.75 Å². The summed E-state index contributed by atoms with van der Waals surface area (Å²) >= 11 is 0. The third kappa shape index (κ3) is 12.9. The van der Waals surface area contributed by atoms with E-state index in [9.17, 15) is 9.36 Å².